The molecule has 6 heteroatoms. The monoisotopic (exact) mass is 238 g/mol. The van der Waals surface area contributed by atoms with Crippen LogP contribution >= 0.6 is 46.4 Å². The summed E-state index contributed by atoms with van der Waals surface area (Å²) in [6.07, 6.45) is 0. The molecule has 0 saturated carbocycles. The lowest BCUT2D eigenvalue weighted by molar-refractivity contribution is 0.692. The van der Waals surface area contributed by atoms with Gasteiger partial charge in [0.25, 0.3) is 0 Å². The number of halogens is 4. The number of hydrogen-bond donors (Lipinski definition) is 0. The van der Waals surface area contributed by atoms with Gasteiger partial charge in [-0.25, -0.2) is 4.21 Å². The van der Waals surface area contributed by atoms with Gasteiger partial charge in [-0.3, -0.25) is 0 Å². The highest BCUT2D eigenvalue weighted by Gasteiger charge is 2.07. The smallest absolute Gasteiger partial charge is 0.122 e. The molecule has 0 unspecified atom stereocenters. The van der Waals surface area contributed by atoms with Crippen LogP contribution < -0.4 is 0 Å². The molecule has 0 rings (SSSR count). The summed E-state index contributed by atoms with van der Waals surface area (Å²) in [7, 11) is -1.62. The van der Waals surface area contributed by atoms with Gasteiger partial charge in [0.2, 0.25) is 0 Å². The molecule has 0 heterocycles. The van der Waals surface area contributed by atoms with E-state index >= 15 is 0 Å². The van der Waals surface area contributed by atoms with Crippen molar-refractivity contribution in [2.45, 2.75) is 0 Å². The van der Waals surface area contributed by atoms with Crippen LogP contribution in [0.25, 0.3) is 0 Å². The highest BCUT2D eigenvalue weighted by Crippen LogP contribution is 2.20. The van der Waals surface area contributed by atoms with Gasteiger partial charge < -0.3 is 0 Å². The van der Waals surface area contributed by atoms with Crippen molar-refractivity contribution in [2.24, 2.45) is 0 Å². The van der Waals surface area contributed by atoms with Crippen molar-refractivity contribution < 1.29 is 4.21 Å². The van der Waals surface area contributed by atoms with Crippen LogP contribution in [0.4, 0.5) is 0 Å². The Labute approximate surface area is 81.0 Å². The third-order valence-electron chi connectivity index (χ3n) is 0.526. The molecule has 58 valence electrons. The Bertz CT molecular complexity index is 177. The first-order chi connectivity index (χ1) is 4.63. The molecule has 0 aliphatic rings. The molecular weight excluding hydrogens is 238 g/mol. The average Bonchev–Trinajstić information content (AvgIpc) is 2.00. The Balaban J connectivity index is 4.39. The molecule has 0 saturated heterocycles. The fraction of sp³-hybridized carbons (Fsp3) is 0. The summed E-state index contributed by atoms with van der Waals surface area (Å²) in [5.41, 5.74) is 1.95. The van der Waals surface area contributed by atoms with Crippen molar-refractivity contribution in [1.82, 2.24) is 0 Å². The van der Waals surface area contributed by atoms with E-state index in [0.29, 0.717) is 0 Å². The van der Waals surface area contributed by atoms with Gasteiger partial charge >= 0.3 is 0 Å². The van der Waals surface area contributed by atoms with E-state index in [4.69, 9.17) is 46.4 Å². The molecule has 0 aliphatic heterocycles. The normalized spacial score (nSPS) is 17.2. The summed E-state index contributed by atoms with van der Waals surface area (Å²) in [4.78, 5) is 0. The zero-order chi connectivity index (χ0) is 8.15. The van der Waals surface area contributed by atoms with Crippen LogP contribution in [-0.4, -0.2) is 4.21 Å². The third kappa shape index (κ3) is 3.26. The standard InChI is InChI=1S/C4H2Cl4OS/c5-1-3(7)10(9)4(8)2-6/h1-2H. The molecule has 0 aliphatic carbocycles. The summed E-state index contributed by atoms with van der Waals surface area (Å²) >= 11 is 20.9. The van der Waals surface area contributed by atoms with Gasteiger partial charge in [0, 0.05) is 11.1 Å². The van der Waals surface area contributed by atoms with Gasteiger partial charge in [-0.15, -0.1) is 0 Å². The van der Waals surface area contributed by atoms with Crippen LogP contribution in [0.1, 0.15) is 0 Å². The van der Waals surface area contributed by atoms with Gasteiger partial charge in [0.05, 0.1) is 0 Å². The number of hydrogen-bond acceptors (Lipinski definition) is 1. The fourth-order valence-corrected chi connectivity index (χ4v) is 1.62. The maximum Gasteiger partial charge on any atom is 0.122 e. The largest absolute Gasteiger partial charge is 0.247 e. The molecule has 0 aromatic rings. The maximum absolute atomic E-state index is 10.8. The predicted molar refractivity (Wildman–Crippen MR) is 47.7 cm³/mol. The van der Waals surface area contributed by atoms with Crippen molar-refractivity contribution >= 4 is 57.2 Å². The highest BCUT2D eigenvalue weighted by molar-refractivity contribution is 7.96. The highest BCUT2D eigenvalue weighted by atomic mass is 35.5. The number of rotatable bonds is 2. The second-order valence-electron chi connectivity index (χ2n) is 1.10. The molecular formula is C4H2Cl4OS. The Kier molecular flexibility index (Phi) is 5.87. The van der Waals surface area contributed by atoms with E-state index < -0.39 is 10.8 Å². The molecule has 0 aromatic heterocycles. The van der Waals surface area contributed by atoms with Crippen molar-refractivity contribution in [3.8, 4) is 0 Å². The maximum atomic E-state index is 10.8. The fourth-order valence-electron chi connectivity index (χ4n) is 0.174. The second-order valence-corrected chi connectivity index (χ2v) is 4.21. The second kappa shape index (κ2) is 5.44. The lowest BCUT2D eigenvalue weighted by Crippen LogP contribution is -1.86. The Morgan fingerprint density at radius 3 is 1.60 bits per heavy atom. The van der Waals surface area contributed by atoms with Crippen LogP contribution in [0.15, 0.2) is 19.8 Å². The van der Waals surface area contributed by atoms with E-state index in [0.717, 1.165) is 11.1 Å². The minimum absolute atomic E-state index is 0.0523. The van der Waals surface area contributed by atoms with Gasteiger partial charge in [-0.05, 0) is 0 Å². The molecule has 0 atom stereocenters. The third-order valence-corrected chi connectivity index (χ3v) is 3.45. The van der Waals surface area contributed by atoms with Crippen LogP contribution in [0.3, 0.4) is 0 Å². The van der Waals surface area contributed by atoms with Gasteiger partial charge in [0.1, 0.15) is 19.5 Å². The van der Waals surface area contributed by atoms with E-state index in [-0.39, 0.29) is 8.73 Å². The molecule has 0 radical (unpaired) electrons. The Hall–Kier alpha value is 0.790. The van der Waals surface area contributed by atoms with Crippen molar-refractivity contribution in [2.75, 3.05) is 0 Å². The van der Waals surface area contributed by atoms with Crippen molar-refractivity contribution in [3.63, 3.8) is 0 Å². The van der Waals surface area contributed by atoms with Crippen LogP contribution in [0.2, 0.25) is 0 Å². The lowest BCUT2D eigenvalue weighted by Gasteiger charge is -1.92. The zero-order valence-corrected chi connectivity index (χ0v) is 8.32. The summed E-state index contributed by atoms with van der Waals surface area (Å²) in [5, 5.41) is 0. The van der Waals surface area contributed by atoms with Crippen LogP contribution in [0, 0.1) is 0 Å². The van der Waals surface area contributed by atoms with Crippen LogP contribution in [-0.2, 0) is 10.8 Å². The average molecular weight is 240 g/mol. The Morgan fingerprint density at radius 2 is 1.40 bits per heavy atom. The van der Waals surface area contributed by atoms with Gasteiger partial charge in [-0.1, -0.05) is 46.4 Å². The molecule has 0 aromatic carbocycles. The van der Waals surface area contributed by atoms with E-state index in [9.17, 15) is 4.21 Å². The summed E-state index contributed by atoms with van der Waals surface area (Å²) in [6.45, 7) is 0. The SMILES string of the molecule is O=S(C(Cl)=CCl)C(Cl)=CCl. The quantitative estimate of drug-likeness (QED) is 0.723. The topological polar surface area (TPSA) is 17.1 Å². The zero-order valence-electron chi connectivity index (χ0n) is 4.48. The van der Waals surface area contributed by atoms with E-state index in [1.54, 1.807) is 0 Å². The van der Waals surface area contributed by atoms with Gasteiger partial charge in [-0.2, -0.15) is 0 Å². The molecule has 10 heavy (non-hydrogen) atoms. The first kappa shape index (κ1) is 10.8. The molecule has 0 amide bonds. The van der Waals surface area contributed by atoms with E-state index in [1.807, 2.05) is 0 Å². The minimum atomic E-state index is -1.62. The summed E-state index contributed by atoms with van der Waals surface area (Å²) < 4.78 is 10.7. The van der Waals surface area contributed by atoms with Crippen LogP contribution in [0.5, 0.6) is 0 Å². The minimum Gasteiger partial charge on any atom is -0.247 e. The van der Waals surface area contributed by atoms with Crippen molar-refractivity contribution in [3.05, 3.63) is 19.8 Å². The molecule has 0 fully saturated rings. The molecule has 0 spiro atoms. The van der Waals surface area contributed by atoms with E-state index in [1.165, 1.54) is 0 Å². The van der Waals surface area contributed by atoms with E-state index in [2.05, 4.69) is 0 Å². The van der Waals surface area contributed by atoms with Crippen molar-refractivity contribution in [1.29, 1.82) is 0 Å². The first-order valence-electron chi connectivity index (χ1n) is 1.97. The van der Waals surface area contributed by atoms with Gasteiger partial charge in [0.15, 0.2) is 0 Å². The summed E-state index contributed by atoms with van der Waals surface area (Å²) in [5.74, 6) is 0. The Morgan fingerprint density at radius 1 is 1.10 bits per heavy atom. The first-order valence-corrected chi connectivity index (χ1v) is 4.75. The molecule has 0 N–H and O–H groups in total. The predicted octanol–water partition coefficient (Wildman–Crippen LogP) is 3.29. The lowest BCUT2D eigenvalue weighted by atomic mass is 11.2. The molecule has 0 bridgehead atoms. The summed E-state index contributed by atoms with van der Waals surface area (Å²) in [6, 6.07) is 0. The molecule has 1 nitrogen and oxygen atoms in total.